The Balaban J connectivity index is 3.36. The molecule has 0 aliphatic rings. The lowest BCUT2D eigenvalue weighted by molar-refractivity contribution is -0.121. The lowest BCUT2D eigenvalue weighted by atomic mass is 10.2. The van der Waals surface area contributed by atoms with Gasteiger partial charge in [0.2, 0.25) is 5.91 Å². The highest BCUT2D eigenvalue weighted by Crippen LogP contribution is 2.18. The molecule has 0 aliphatic heterocycles. The summed E-state index contributed by atoms with van der Waals surface area (Å²) in [6, 6.07) is 0. The van der Waals surface area contributed by atoms with Gasteiger partial charge in [-0.05, 0) is 24.5 Å². The van der Waals surface area contributed by atoms with Crippen LogP contribution in [0.25, 0.3) is 0 Å². The van der Waals surface area contributed by atoms with Crippen LogP contribution in [-0.2, 0) is 4.79 Å². The molecular formula is C10H22N2OS. The second-order valence-electron chi connectivity index (χ2n) is 3.97. The van der Waals surface area contributed by atoms with Crippen molar-refractivity contribution in [2.24, 2.45) is 11.8 Å². The van der Waals surface area contributed by atoms with Gasteiger partial charge in [0.05, 0.1) is 0 Å². The summed E-state index contributed by atoms with van der Waals surface area (Å²) in [4.78, 5) is 10.9. The highest BCUT2D eigenvalue weighted by atomic mass is 32.2. The Morgan fingerprint density at radius 2 is 2.00 bits per heavy atom. The van der Waals surface area contributed by atoms with Crippen molar-refractivity contribution in [3.05, 3.63) is 0 Å². The molecule has 1 unspecified atom stereocenters. The topological polar surface area (TPSA) is 55.1 Å². The van der Waals surface area contributed by atoms with Crippen LogP contribution in [0.5, 0.6) is 0 Å². The van der Waals surface area contributed by atoms with Crippen molar-refractivity contribution < 1.29 is 4.79 Å². The maximum atomic E-state index is 10.9. The van der Waals surface area contributed by atoms with Gasteiger partial charge in [0.15, 0.2) is 0 Å². The molecule has 0 saturated heterocycles. The van der Waals surface area contributed by atoms with Crippen LogP contribution in [-0.4, -0.2) is 16.9 Å². The second kappa shape index (κ2) is 8.12. The average Bonchev–Trinajstić information content (AvgIpc) is 2.13. The van der Waals surface area contributed by atoms with E-state index >= 15 is 0 Å². The molecule has 0 heterocycles. The summed E-state index contributed by atoms with van der Waals surface area (Å²) in [5.74, 6) is 6.87. The molecule has 0 radical (unpaired) electrons. The molecule has 0 spiro atoms. The second-order valence-corrected chi connectivity index (χ2v) is 5.52. The number of hydrogen-bond donors (Lipinski definition) is 2. The van der Waals surface area contributed by atoms with Crippen molar-refractivity contribution >= 4 is 17.7 Å². The number of hydrazine groups is 1. The smallest absolute Gasteiger partial charge is 0.233 e. The van der Waals surface area contributed by atoms with E-state index in [0.29, 0.717) is 11.7 Å². The zero-order chi connectivity index (χ0) is 11.0. The Kier molecular flexibility index (Phi) is 7.99. The Labute approximate surface area is 91.2 Å². The normalized spacial score (nSPS) is 12.9. The fourth-order valence-electron chi connectivity index (χ4n) is 0.995. The van der Waals surface area contributed by atoms with Crippen molar-refractivity contribution in [3.63, 3.8) is 0 Å². The molecule has 0 aromatic carbocycles. The Hall–Kier alpha value is -0.220. The predicted octanol–water partition coefficient (Wildman–Crippen LogP) is 1.92. The van der Waals surface area contributed by atoms with Gasteiger partial charge in [-0.15, -0.1) is 0 Å². The molecule has 0 fully saturated rings. The SMILES string of the molecule is CC(C)CCSC(C)CCC(=O)NN. The highest BCUT2D eigenvalue weighted by Gasteiger charge is 2.06. The Morgan fingerprint density at radius 3 is 2.50 bits per heavy atom. The van der Waals surface area contributed by atoms with Gasteiger partial charge >= 0.3 is 0 Å². The third kappa shape index (κ3) is 8.38. The van der Waals surface area contributed by atoms with Crippen LogP contribution in [0.15, 0.2) is 0 Å². The molecular weight excluding hydrogens is 196 g/mol. The van der Waals surface area contributed by atoms with Crippen LogP contribution >= 0.6 is 11.8 Å². The third-order valence-electron chi connectivity index (χ3n) is 2.04. The van der Waals surface area contributed by atoms with Crippen molar-refractivity contribution in [2.75, 3.05) is 5.75 Å². The fraction of sp³-hybridized carbons (Fsp3) is 0.900. The molecule has 1 amide bonds. The average molecular weight is 218 g/mol. The number of amides is 1. The molecule has 0 saturated carbocycles. The van der Waals surface area contributed by atoms with Crippen molar-refractivity contribution in [3.8, 4) is 0 Å². The summed E-state index contributed by atoms with van der Waals surface area (Å²) in [5, 5.41) is 0.547. The van der Waals surface area contributed by atoms with E-state index in [9.17, 15) is 4.79 Å². The van der Waals surface area contributed by atoms with E-state index < -0.39 is 0 Å². The van der Waals surface area contributed by atoms with Gasteiger partial charge in [-0.25, -0.2) is 5.84 Å². The third-order valence-corrected chi connectivity index (χ3v) is 3.31. The van der Waals surface area contributed by atoms with E-state index in [1.54, 1.807) is 0 Å². The minimum Gasteiger partial charge on any atom is -0.294 e. The molecule has 14 heavy (non-hydrogen) atoms. The van der Waals surface area contributed by atoms with E-state index in [4.69, 9.17) is 5.84 Å². The largest absolute Gasteiger partial charge is 0.294 e. The number of nitrogens with two attached hydrogens (primary N) is 1. The quantitative estimate of drug-likeness (QED) is 0.390. The number of rotatable bonds is 7. The van der Waals surface area contributed by atoms with Crippen LogP contribution in [0.1, 0.15) is 40.0 Å². The summed E-state index contributed by atoms with van der Waals surface area (Å²) in [5.41, 5.74) is 2.15. The highest BCUT2D eigenvalue weighted by molar-refractivity contribution is 7.99. The molecule has 84 valence electrons. The van der Waals surface area contributed by atoms with Crippen molar-refractivity contribution in [1.82, 2.24) is 5.43 Å². The van der Waals surface area contributed by atoms with E-state index in [0.717, 1.165) is 12.3 Å². The first kappa shape index (κ1) is 13.8. The van der Waals surface area contributed by atoms with Gasteiger partial charge in [-0.2, -0.15) is 11.8 Å². The number of hydrogen-bond acceptors (Lipinski definition) is 3. The van der Waals surface area contributed by atoms with Gasteiger partial charge in [0.25, 0.3) is 0 Å². The van der Waals surface area contributed by atoms with Crippen LogP contribution in [0.4, 0.5) is 0 Å². The maximum Gasteiger partial charge on any atom is 0.233 e. The van der Waals surface area contributed by atoms with Gasteiger partial charge in [0, 0.05) is 11.7 Å². The molecule has 0 aromatic rings. The molecule has 3 nitrogen and oxygen atoms in total. The summed E-state index contributed by atoms with van der Waals surface area (Å²) in [7, 11) is 0. The number of carbonyl (C=O) groups excluding carboxylic acids is 1. The zero-order valence-electron chi connectivity index (χ0n) is 9.38. The zero-order valence-corrected chi connectivity index (χ0v) is 10.2. The lowest BCUT2D eigenvalue weighted by Crippen LogP contribution is -2.30. The van der Waals surface area contributed by atoms with Crippen LogP contribution in [0, 0.1) is 5.92 Å². The summed E-state index contributed by atoms with van der Waals surface area (Å²) in [6.45, 7) is 6.62. The Morgan fingerprint density at radius 1 is 1.36 bits per heavy atom. The minimum atomic E-state index is -0.0682. The monoisotopic (exact) mass is 218 g/mol. The summed E-state index contributed by atoms with van der Waals surface area (Å²) in [6.07, 6.45) is 2.69. The Bertz CT molecular complexity index is 162. The number of thioether (sulfide) groups is 1. The standard InChI is InChI=1S/C10H22N2OS/c1-8(2)6-7-14-9(3)4-5-10(13)12-11/h8-9H,4-7,11H2,1-3H3,(H,12,13). The van der Waals surface area contributed by atoms with Gasteiger partial charge < -0.3 is 0 Å². The number of nitrogens with one attached hydrogen (secondary N) is 1. The molecule has 4 heteroatoms. The first-order chi connectivity index (χ1) is 6.56. The van der Waals surface area contributed by atoms with Crippen LogP contribution in [0.2, 0.25) is 0 Å². The molecule has 0 bridgehead atoms. The lowest BCUT2D eigenvalue weighted by Gasteiger charge is -2.11. The minimum absolute atomic E-state index is 0.0682. The van der Waals surface area contributed by atoms with Gasteiger partial charge in [-0.1, -0.05) is 20.8 Å². The molecule has 0 rings (SSSR count). The van der Waals surface area contributed by atoms with Gasteiger partial charge in [0.1, 0.15) is 0 Å². The molecule has 0 aliphatic carbocycles. The van der Waals surface area contributed by atoms with E-state index in [1.165, 1.54) is 12.2 Å². The van der Waals surface area contributed by atoms with Crippen LogP contribution in [0.3, 0.4) is 0 Å². The molecule has 1 atom stereocenters. The van der Waals surface area contributed by atoms with Crippen molar-refractivity contribution in [1.29, 1.82) is 0 Å². The number of carbonyl (C=O) groups is 1. The fourth-order valence-corrected chi connectivity index (χ4v) is 2.29. The summed E-state index contributed by atoms with van der Waals surface area (Å²) < 4.78 is 0. The predicted molar refractivity (Wildman–Crippen MR) is 62.9 cm³/mol. The maximum absolute atomic E-state index is 10.9. The van der Waals surface area contributed by atoms with E-state index in [2.05, 4.69) is 26.2 Å². The van der Waals surface area contributed by atoms with E-state index in [1.807, 2.05) is 11.8 Å². The molecule has 3 N–H and O–H groups in total. The first-order valence-electron chi connectivity index (χ1n) is 5.17. The van der Waals surface area contributed by atoms with E-state index in [-0.39, 0.29) is 5.91 Å². The first-order valence-corrected chi connectivity index (χ1v) is 6.22. The van der Waals surface area contributed by atoms with Gasteiger partial charge in [-0.3, -0.25) is 10.2 Å². The summed E-state index contributed by atoms with van der Waals surface area (Å²) >= 11 is 1.94. The van der Waals surface area contributed by atoms with Crippen molar-refractivity contribution in [2.45, 2.75) is 45.3 Å². The van der Waals surface area contributed by atoms with Crippen LogP contribution < -0.4 is 11.3 Å². The molecule has 0 aromatic heterocycles.